The molecular weight excluding hydrogens is 246 g/mol. The number of nitrogens with two attached hydrogens (primary N) is 1. The second-order valence-electron chi connectivity index (χ2n) is 4.25. The Morgan fingerprint density at radius 1 is 1.17 bits per heavy atom. The van der Waals surface area contributed by atoms with Crippen molar-refractivity contribution in [3.05, 3.63) is 47.6 Å². The molecule has 18 heavy (non-hydrogen) atoms. The van der Waals surface area contributed by atoms with Crippen molar-refractivity contribution in [3.8, 4) is 11.1 Å². The molecule has 0 saturated carbocycles. The molecule has 2 N–H and O–H groups in total. The Labute approximate surface area is 110 Å². The van der Waals surface area contributed by atoms with Crippen LogP contribution in [0.4, 0.5) is 5.69 Å². The van der Waals surface area contributed by atoms with Gasteiger partial charge in [0, 0.05) is 34.3 Å². The molecular formula is C14H12ClN3. The van der Waals surface area contributed by atoms with Crippen molar-refractivity contribution < 1.29 is 0 Å². The van der Waals surface area contributed by atoms with Gasteiger partial charge in [0.05, 0.1) is 11.7 Å². The lowest BCUT2D eigenvalue weighted by Crippen LogP contribution is -1.93. The fourth-order valence-electron chi connectivity index (χ4n) is 2.13. The second kappa shape index (κ2) is 4.03. The van der Waals surface area contributed by atoms with Gasteiger partial charge < -0.3 is 5.73 Å². The number of nitrogens with zero attached hydrogens (tertiary/aromatic N) is 2. The van der Waals surface area contributed by atoms with Gasteiger partial charge in [-0.05, 0) is 18.2 Å². The summed E-state index contributed by atoms with van der Waals surface area (Å²) in [6.07, 6.45) is 1.81. The number of aryl methyl sites for hydroxylation is 1. The highest BCUT2D eigenvalue weighted by Gasteiger charge is 2.10. The molecule has 0 spiro atoms. The maximum Gasteiger partial charge on any atom is 0.0686 e. The zero-order valence-corrected chi connectivity index (χ0v) is 10.6. The number of fused-ring (bicyclic) bond motifs is 1. The first-order chi connectivity index (χ1) is 8.66. The number of anilines is 1. The van der Waals surface area contributed by atoms with Crippen molar-refractivity contribution in [1.82, 2.24) is 9.78 Å². The lowest BCUT2D eigenvalue weighted by molar-refractivity contribution is 0.797. The molecule has 0 atom stereocenters. The summed E-state index contributed by atoms with van der Waals surface area (Å²) in [7, 11) is 1.91. The molecule has 0 unspecified atom stereocenters. The van der Waals surface area contributed by atoms with Crippen molar-refractivity contribution in [2.45, 2.75) is 0 Å². The normalized spacial score (nSPS) is 11.0. The predicted octanol–water partition coefficient (Wildman–Crippen LogP) is 3.48. The lowest BCUT2D eigenvalue weighted by Gasteiger charge is -2.08. The van der Waals surface area contributed by atoms with Crippen LogP contribution in [0.15, 0.2) is 42.6 Å². The van der Waals surface area contributed by atoms with E-state index in [0.29, 0.717) is 10.7 Å². The zero-order chi connectivity index (χ0) is 12.7. The first-order valence-electron chi connectivity index (χ1n) is 5.63. The van der Waals surface area contributed by atoms with E-state index in [1.165, 1.54) is 0 Å². The topological polar surface area (TPSA) is 43.8 Å². The molecule has 1 heterocycles. The van der Waals surface area contributed by atoms with Crippen LogP contribution in [0.5, 0.6) is 0 Å². The Hall–Kier alpha value is -2.00. The monoisotopic (exact) mass is 257 g/mol. The maximum atomic E-state index is 6.22. The van der Waals surface area contributed by atoms with Crippen LogP contribution in [0.25, 0.3) is 22.0 Å². The van der Waals surface area contributed by atoms with Crippen molar-refractivity contribution >= 4 is 28.2 Å². The van der Waals surface area contributed by atoms with Gasteiger partial charge >= 0.3 is 0 Å². The molecule has 2 aromatic carbocycles. The van der Waals surface area contributed by atoms with Crippen LogP contribution in [0.1, 0.15) is 0 Å². The molecule has 0 aliphatic carbocycles. The highest BCUT2D eigenvalue weighted by molar-refractivity contribution is 6.33. The SMILES string of the molecule is Cn1ncc2cc(N)c(-c3ccccc3Cl)cc21. The summed E-state index contributed by atoms with van der Waals surface area (Å²) in [4.78, 5) is 0. The van der Waals surface area contributed by atoms with Gasteiger partial charge in [-0.3, -0.25) is 4.68 Å². The first-order valence-corrected chi connectivity index (χ1v) is 6.01. The summed E-state index contributed by atoms with van der Waals surface area (Å²) < 4.78 is 1.83. The molecule has 3 aromatic rings. The fourth-order valence-corrected chi connectivity index (χ4v) is 2.37. The zero-order valence-electron chi connectivity index (χ0n) is 9.89. The summed E-state index contributed by atoms with van der Waals surface area (Å²) in [6, 6.07) is 11.7. The maximum absolute atomic E-state index is 6.22. The largest absolute Gasteiger partial charge is 0.398 e. The number of benzene rings is 2. The van der Waals surface area contributed by atoms with Gasteiger partial charge in [-0.1, -0.05) is 29.8 Å². The molecule has 4 heteroatoms. The highest BCUT2D eigenvalue weighted by atomic mass is 35.5. The van der Waals surface area contributed by atoms with Crippen molar-refractivity contribution in [2.24, 2.45) is 7.05 Å². The smallest absolute Gasteiger partial charge is 0.0686 e. The summed E-state index contributed by atoms with van der Waals surface area (Å²) in [5, 5.41) is 5.96. The summed E-state index contributed by atoms with van der Waals surface area (Å²) in [6.45, 7) is 0. The fraction of sp³-hybridized carbons (Fsp3) is 0.0714. The third-order valence-corrected chi connectivity index (χ3v) is 3.41. The second-order valence-corrected chi connectivity index (χ2v) is 4.65. The molecule has 90 valence electrons. The van der Waals surface area contributed by atoms with E-state index in [4.69, 9.17) is 17.3 Å². The Morgan fingerprint density at radius 2 is 1.94 bits per heavy atom. The Bertz CT molecular complexity index is 731. The average Bonchev–Trinajstić information content (AvgIpc) is 2.70. The minimum atomic E-state index is 0.700. The minimum Gasteiger partial charge on any atom is -0.398 e. The van der Waals surface area contributed by atoms with E-state index in [1.807, 2.05) is 54.3 Å². The van der Waals surface area contributed by atoms with Gasteiger partial charge in [0.1, 0.15) is 0 Å². The van der Waals surface area contributed by atoms with Gasteiger partial charge in [0.15, 0.2) is 0 Å². The summed E-state index contributed by atoms with van der Waals surface area (Å²) >= 11 is 6.22. The number of aromatic nitrogens is 2. The number of hydrogen-bond donors (Lipinski definition) is 1. The predicted molar refractivity (Wildman–Crippen MR) is 75.6 cm³/mol. The van der Waals surface area contributed by atoms with Crippen molar-refractivity contribution in [2.75, 3.05) is 5.73 Å². The molecule has 0 amide bonds. The first kappa shape index (κ1) is 11.1. The van der Waals surface area contributed by atoms with Crippen molar-refractivity contribution in [3.63, 3.8) is 0 Å². The molecule has 0 radical (unpaired) electrons. The molecule has 0 aliphatic rings. The van der Waals surface area contributed by atoms with Gasteiger partial charge in [-0.25, -0.2) is 0 Å². The minimum absolute atomic E-state index is 0.700. The van der Waals surface area contributed by atoms with E-state index < -0.39 is 0 Å². The van der Waals surface area contributed by atoms with Crippen LogP contribution in [0, 0.1) is 0 Å². The van der Waals surface area contributed by atoms with Crippen LogP contribution < -0.4 is 5.73 Å². The van der Waals surface area contributed by atoms with Gasteiger partial charge in [0.25, 0.3) is 0 Å². The van der Waals surface area contributed by atoms with Crippen LogP contribution in [0.2, 0.25) is 5.02 Å². The Kier molecular flexibility index (Phi) is 2.49. The number of rotatable bonds is 1. The quantitative estimate of drug-likeness (QED) is 0.679. The number of nitrogen functional groups attached to an aromatic ring is 1. The average molecular weight is 258 g/mol. The Morgan fingerprint density at radius 3 is 2.72 bits per heavy atom. The van der Waals surface area contributed by atoms with E-state index in [0.717, 1.165) is 22.0 Å². The summed E-state index contributed by atoms with van der Waals surface area (Å²) in [5.41, 5.74) is 9.74. The van der Waals surface area contributed by atoms with Crippen molar-refractivity contribution in [1.29, 1.82) is 0 Å². The van der Waals surface area contributed by atoms with Crippen LogP contribution in [0.3, 0.4) is 0 Å². The van der Waals surface area contributed by atoms with Gasteiger partial charge in [0.2, 0.25) is 0 Å². The van der Waals surface area contributed by atoms with E-state index in [1.54, 1.807) is 0 Å². The van der Waals surface area contributed by atoms with E-state index in [2.05, 4.69) is 5.10 Å². The molecule has 3 nitrogen and oxygen atoms in total. The highest BCUT2D eigenvalue weighted by Crippen LogP contribution is 2.34. The molecule has 0 bridgehead atoms. The number of hydrogen-bond acceptors (Lipinski definition) is 2. The standard InChI is InChI=1S/C14H12ClN3/c1-18-14-7-11(10-4-2-3-5-12(10)15)13(16)6-9(14)8-17-18/h2-8H,16H2,1H3. The van der Waals surface area contributed by atoms with Crippen LogP contribution >= 0.6 is 11.6 Å². The molecule has 0 saturated heterocycles. The van der Waals surface area contributed by atoms with E-state index in [-0.39, 0.29) is 0 Å². The summed E-state index contributed by atoms with van der Waals surface area (Å²) in [5.74, 6) is 0. The van der Waals surface area contributed by atoms with E-state index in [9.17, 15) is 0 Å². The van der Waals surface area contributed by atoms with Gasteiger partial charge in [-0.2, -0.15) is 5.10 Å². The van der Waals surface area contributed by atoms with Gasteiger partial charge in [-0.15, -0.1) is 0 Å². The third-order valence-electron chi connectivity index (χ3n) is 3.08. The van der Waals surface area contributed by atoms with Crippen LogP contribution in [-0.2, 0) is 7.05 Å². The Balaban J connectivity index is 2.32. The molecule has 0 aliphatic heterocycles. The van der Waals surface area contributed by atoms with Crippen LogP contribution in [-0.4, -0.2) is 9.78 Å². The molecule has 1 aromatic heterocycles. The van der Waals surface area contributed by atoms with E-state index >= 15 is 0 Å². The third kappa shape index (κ3) is 1.64. The lowest BCUT2D eigenvalue weighted by atomic mass is 10.0. The molecule has 0 fully saturated rings. The molecule has 3 rings (SSSR count). The number of halogens is 1.